The lowest BCUT2D eigenvalue weighted by Gasteiger charge is -2.27. The van der Waals surface area contributed by atoms with Crippen molar-refractivity contribution in [3.63, 3.8) is 0 Å². The van der Waals surface area contributed by atoms with Gasteiger partial charge >= 0.3 is 0 Å². The van der Waals surface area contributed by atoms with Gasteiger partial charge in [-0.3, -0.25) is 9.97 Å². The zero-order chi connectivity index (χ0) is 18.5. The summed E-state index contributed by atoms with van der Waals surface area (Å²) in [5.74, 6) is 1.58. The summed E-state index contributed by atoms with van der Waals surface area (Å²) in [4.78, 5) is 24.5. The van der Waals surface area contributed by atoms with Gasteiger partial charge in [-0.25, -0.2) is 9.97 Å². The second kappa shape index (κ2) is 8.36. The highest BCUT2D eigenvalue weighted by molar-refractivity contribution is 7.13. The summed E-state index contributed by atoms with van der Waals surface area (Å²) in [6, 6.07) is 2.00. The second-order valence-corrected chi connectivity index (χ2v) is 6.94. The molecule has 1 saturated heterocycles. The number of anilines is 2. The van der Waals surface area contributed by atoms with Crippen LogP contribution in [0, 0.1) is 0 Å². The molecule has 0 radical (unpaired) electrons. The maximum Gasteiger partial charge on any atom is 0.227 e. The number of rotatable bonds is 6. The van der Waals surface area contributed by atoms with E-state index in [0.717, 1.165) is 53.4 Å². The SMILES string of the molecule is CCc1cc(NCc2csc(-c3cnccn3)n2)nc(N2CCOCC2)n1. The fourth-order valence-corrected chi connectivity index (χ4v) is 3.54. The van der Waals surface area contributed by atoms with Crippen LogP contribution in [0.1, 0.15) is 18.3 Å². The molecule has 4 heterocycles. The van der Waals surface area contributed by atoms with Crippen molar-refractivity contribution < 1.29 is 4.74 Å². The molecule has 1 aliphatic heterocycles. The third-order valence-corrected chi connectivity index (χ3v) is 5.12. The lowest BCUT2D eigenvalue weighted by Crippen LogP contribution is -2.37. The summed E-state index contributed by atoms with van der Waals surface area (Å²) >= 11 is 1.56. The van der Waals surface area contributed by atoms with E-state index in [1.54, 1.807) is 29.9 Å². The Hall–Kier alpha value is -2.65. The molecule has 140 valence electrons. The first kappa shape index (κ1) is 17.7. The largest absolute Gasteiger partial charge is 0.378 e. The molecule has 0 unspecified atom stereocenters. The van der Waals surface area contributed by atoms with Crippen molar-refractivity contribution in [3.8, 4) is 10.7 Å². The van der Waals surface area contributed by atoms with E-state index < -0.39 is 0 Å². The number of nitrogens with one attached hydrogen (secondary N) is 1. The first-order valence-corrected chi connectivity index (χ1v) is 9.85. The van der Waals surface area contributed by atoms with Gasteiger partial charge in [-0.05, 0) is 6.42 Å². The fourth-order valence-electron chi connectivity index (χ4n) is 2.76. The lowest BCUT2D eigenvalue weighted by atomic mass is 10.3. The smallest absolute Gasteiger partial charge is 0.227 e. The van der Waals surface area contributed by atoms with Crippen LogP contribution in [0.25, 0.3) is 10.7 Å². The molecular formula is C18H21N7OS. The standard InChI is InChI=1S/C18H21N7OS/c1-2-13-9-16(24-18(23-13)25-5-7-26-8-6-25)21-10-14-12-27-17(22-14)15-11-19-3-4-20-15/h3-4,9,11-12H,2,5-8,10H2,1H3,(H,21,23,24). The number of nitrogens with zero attached hydrogens (tertiary/aromatic N) is 6. The van der Waals surface area contributed by atoms with Crippen LogP contribution in [0.4, 0.5) is 11.8 Å². The summed E-state index contributed by atoms with van der Waals surface area (Å²) in [7, 11) is 0. The molecule has 1 fully saturated rings. The van der Waals surface area contributed by atoms with E-state index in [1.807, 2.05) is 11.4 Å². The highest BCUT2D eigenvalue weighted by Crippen LogP contribution is 2.22. The van der Waals surface area contributed by atoms with E-state index in [4.69, 9.17) is 4.74 Å². The molecule has 3 aromatic rings. The van der Waals surface area contributed by atoms with Crippen molar-refractivity contribution in [2.45, 2.75) is 19.9 Å². The Morgan fingerprint density at radius 3 is 2.81 bits per heavy atom. The number of aromatic nitrogens is 5. The number of ether oxygens (including phenoxy) is 1. The molecule has 0 amide bonds. The predicted molar refractivity (Wildman–Crippen MR) is 105 cm³/mol. The molecule has 3 aromatic heterocycles. The molecule has 27 heavy (non-hydrogen) atoms. The molecule has 8 nitrogen and oxygen atoms in total. The van der Waals surface area contributed by atoms with Crippen molar-refractivity contribution in [1.82, 2.24) is 24.9 Å². The van der Waals surface area contributed by atoms with Crippen LogP contribution in [0.15, 0.2) is 30.0 Å². The minimum absolute atomic E-state index is 0.597. The monoisotopic (exact) mass is 383 g/mol. The van der Waals surface area contributed by atoms with E-state index >= 15 is 0 Å². The lowest BCUT2D eigenvalue weighted by molar-refractivity contribution is 0.122. The Bertz CT molecular complexity index is 880. The van der Waals surface area contributed by atoms with Crippen LogP contribution in [0.5, 0.6) is 0 Å². The van der Waals surface area contributed by atoms with Crippen LogP contribution >= 0.6 is 11.3 Å². The summed E-state index contributed by atoms with van der Waals surface area (Å²) in [6.45, 7) is 5.77. The normalized spacial score (nSPS) is 14.3. The van der Waals surface area contributed by atoms with Crippen LogP contribution < -0.4 is 10.2 Å². The molecule has 1 N–H and O–H groups in total. The van der Waals surface area contributed by atoms with Gasteiger partial charge in [-0.2, -0.15) is 4.98 Å². The molecule has 9 heteroatoms. The molecule has 1 aliphatic rings. The summed E-state index contributed by atoms with van der Waals surface area (Å²) in [6.07, 6.45) is 5.92. The van der Waals surface area contributed by atoms with Gasteiger partial charge in [0, 0.05) is 42.6 Å². The fraction of sp³-hybridized carbons (Fsp3) is 0.389. The molecule has 0 bridgehead atoms. The second-order valence-electron chi connectivity index (χ2n) is 6.09. The summed E-state index contributed by atoms with van der Waals surface area (Å²) in [5, 5.41) is 6.28. The maximum absolute atomic E-state index is 5.42. The van der Waals surface area contributed by atoms with Gasteiger partial charge in [0.1, 0.15) is 16.5 Å². The zero-order valence-corrected chi connectivity index (χ0v) is 15.9. The Kier molecular flexibility index (Phi) is 5.50. The third kappa shape index (κ3) is 4.37. The van der Waals surface area contributed by atoms with E-state index in [0.29, 0.717) is 19.8 Å². The molecule has 0 atom stereocenters. The van der Waals surface area contributed by atoms with Crippen molar-refractivity contribution in [1.29, 1.82) is 0 Å². The number of thiazole rings is 1. The van der Waals surface area contributed by atoms with Crippen molar-refractivity contribution in [3.05, 3.63) is 41.4 Å². The number of aryl methyl sites for hydroxylation is 1. The number of hydrogen-bond donors (Lipinski definition) is 1. The highest BCUT2D eigenvalue weighted by atomic mass is 32.1. The van der Waals surface area contributed by atoms with Crippen molar-refractivity contribution in [2.24, 2.45) is 0 Å². The van der Waals surface area contributed by atoms with Gasteiger partial charge in [-0.15, -0.1) is 11.3 Å². The van der Waals surface area contributed by atoms with E-state index in [1.165, 1.54) is 0 Å². The minimum atomic E-state index is 0.597. The summed E-state index contributed by atoms with van der Waals surface area (Å²) < 4.78 is 5.42. The third-order valence-electron chi connectivity index (χ3n) is 4.21. The van der Waals surface area contributed by atoms with Crippen molar-refractivity contribution in [2.75, 3.05) is 36.5 Å². The minimum Gasteiger partial charge on any atom is -0.378 e. The van der Waals surface area contributed by atoms with Gasteiger partial charge in [-0.1, -0.05) is 6.92 Å². The van der Waals surface area contributed by atoms with Crippen LogP contribution in [0.2, 0.25) is 0 Å². The summed E-state index contributed by atoms with van der Waals surface area (Å²) in [5.41, 5.74) is 2.76. The molecule has 0 aromatic carbocycles. The maximum atomic E-state index is 5.42. The van der Waals surface area contributed by atoms with Crippen LogP contribution in [-0.4, -0.2) is 51.2 Å². The number of morpholine rings is 1. The molecular weight excluding hydrogens is 362 g/mol. The average molecular weight is 383 g/mol. The Morgan fingerprint density at radius 1 is 1.15 bits per heavy atom. The van der Waals surface area contributed by atoms with Crippen molar-refractivity contribution >= 4 is 23.1 Å². The zero-order valence-electron chi connectivity index (χ0n) is 15.1. The van der Waals surface area contributed by atoms with Crippen LogP contribution in [0.3, 0.4) is 0 Å². The van der Waals surface area contributed by atoms with Gasteiger partial charge in [0.25, 0.3) is 0 Å². The average Bonchev–Trinajstić information content (AvgIpc) is 3.22. The molecule has 4 rings (SSSR count). The van der Waals surface area contributed by atoms with E-state index in [-0.39, 0.29) is 0 Å². The van der Waals surface area contributed by atoms with Gasteiger partial charge in [0.2, 0.25) is 5.95 Å². The Labute approximate surface area is 161 Å². The quantitative estimate of drug-likeness (QED) is 0.694. The predicted octanol–water partition coefficient (Wildman–Crippen LogP) is 2.40. The highest BCUT2D eigenvalue weighted by Gasteiger charge is 2.15. The molecule has 0 saturated carbocycles. The molecule has 0 aliphatic carbocycles. The van der Waals surface area contributed by atoms with Gasteiger partial charge in [0.05, 0.1) is 31.6 Å². The topological polar surface area (TPSA) is 89.0 Å². The van der Waals surface area contributed by atoms with Gasteiger partial charge < -0.3 is 15.0 Å². The van der Waals surface area contributed by atoms with Gasteiger partial charge in [0.15, 0.2) is 0 Å². The molecule has 0 spiro atoms. The Balaban J connectivity index is 1.47. The van der Waals surface area contributed by atoms with E-state index in [9.17, 15) is 0 Å². The first-order valence-electron chi connectivity index (χ1n) is 8.97. The first-order chi connectivity index (χ1) is 13.3. The van der Waals surface area contributed by atoms with Crippen LogP contribution in [-0.2, 0) is 17.7 Å². The van der Waals surface area contributed by atoms with E-state index in [2.05, 4.69) is 42.1 Å². The Morgan fingerprint density at radius 2 is 2.04 bits per heavy atom. The number of hydrogen-bond acceptors (Lipinski definition) is 9.